The Morgan fingerprint density at radius 2 is 1.93 bits per heavy atom. The van der Waals surface area contributed by atoms with E-state index in [-0.39, 0.29) is 0 Å². The molecule has 0 aliphatic carbocycles. The molecule has 0 saturated heterocycles. The lowest BCUT2D eigenvalue weighted by molar-refractivity contribution is 0.0673. The van der Waals surface area contributed by atoms with Gasteiger partial charge in [-0.1, -0.05) is 6.92 Å². The first-order valence-corrected chi connectivity index (χ1v) is 5.52. The van der Waals surface area contributed by atoms with E-state index in [9.17, 15) is 0 Å². The molecule has 86 valence electrons. The van der Waals surface area contributed by atoms with Crippen molar-refractivity contribution in [3.05, 3.63) is 0 Å². The van der Waals surface area contributed by atoms with Crippen LogP contribution in [0.1, 0.15) is 26.2 Å². The van der Waals surface area contributed by atoms with Crippen LogP contribution in [-0.2, 0) is 9.47 Å². The van der Waals surface area contributed by atoms with Crippen LogP contribution in [-0.4, -0.2) is 40.5 Å². The van der Waals surface area contributed by atoms with Crippen molar-refractivity contribution in [2.24, 2.45) is 5.92 Å². The molecule has 14 heavy (non-hydrogen) atoms. The molecule has 0 radical (unpaired) electrons. The molecule has 0 rings (SSSR count). The third-order valence-electron chi connectivity index (χ3n) is 2.30. The lowest BCUT2D eigenvalue weighted by Crippen LogP contribution is -2.12. The van der Waals surface area contributed by atoms with Gasteiger partial charge in [0.2, 0.25) is 0 Å². The van der Waals surface area contributed by atoms with Crippen LogP contribution in [0.4, 0.5) is 0 Å². The summed E-state index contributed by atoms with van der Waals surface area (Å²) in [5.74, 6) is 0.800. The number of methoxy groups -OCH3 is 1. The molecule has 0 aromatic heterocycles. The summed E-state index contributed by atoms with van der Waals surface area (Å²) in [6, 6.07) is 0. The molecule has 0 aliphatic heterocycles. The second-order valence-electron chi connectivity index (χ2n) is 3.74. The molecule has 0 fully saturated rings. The van der Waals surface area contributed by atoms with Crippen LogP contribution in [0, 0.1) is 5.92 Å². The third kappa shape index (κ3) is 9.96. The highest BCUT2D eigenvalue weighted by atomic mass is 16.5. The van der Waals surface area contributed by atoms with Gasteiger partial charge in [0.25, 0.3) is 0 Å². The lowest BCUT2D eigenvalue weighted by Gasteiger charge is -2.10. The van der Waals surface area contributed by atoms with Gasteiger partial charge < -0.3 is 14.8 Å². The molecule has 0 spiro atoms. The van der Waals surface area contributed by atoms with Gasteiger partial charge in [-0.2, -0.15) is 0 Å². The molecule has 1 N–H and O–H groups in total. The topological polar surface area (TPSA) is 30.5 Å². The number of ether oxygens (including phenoxy) is 2. The Hall–Kier alpha value is -0.120. The second-order valence-corrected chi connectivity index (χ2v) is 3.74. The zero-order chi connectivity index (χ0) is 10.6. The van der Waals surface area contributed by atoms with Gasteiger partial charge in [0, 0.05) is 13.7 Å². The van der Waals surface area contributed by atoms with Crippen molar-refractivity contribution in [1.29, 1.82) is 0 Å². The van der Waals surface area contributed by atoms with Crippen LogP contribution < -0.4 is 5.32 Å². The molecular weight excluding hydrogens is 178 g/mol. The SMILES string of the molecule is CNCCC(C)CCCOCCOC. The monoisotopic (exact) mass is 203 g/mol. The Kier molecular flexibility index (Phi) is 10.9. The summed E-state index contributed by atoms with van der Waals surface area (Å²) in [7, 11) is 3.70. The number of hydrogen-bond acceptors (Lipinski definition) is 3. The lowest BCUT2D eigenvalue weighted by atomic mass is 10.0. The fourth-order valence-electron chi connectivity index (χ4n) is 1.31. The van der Waals surface area contributed by atoms with Crippen LogP contribution in [0.25, 0.3) is 0 Å². The Bertz CT molecular complexity index is 109. The summed E-state index contributed by atoms with van der Waals surface area (Å²) >= 11 is 0. The Morgan fingerprint density at radius 1 is 1.14 bits per heavy atom. The van der Waals surface area contributed by atoms with E-state index in [1.54, 1.807) is 7.11 Å². The van der Waals surface area contributed by atoms with E-state index < -0.39 is 0 Å². The molecule has 0 saturated carbocycles. The minimum Gasteiger partial charge on any atom is -0.382 e. The number of rotatable bonds is 10. The summed E-state index contributed by atoms with van der Waals surface area (Å²) in [5, 5.41) is 3.17. The summed E-state index contributed by atoms with van der Waals surface area (Å²) in [6.07, 6.45) is 3.68. The minimum absolute atomic E-state index is 0.704. The largest absolute Gasteiger partial charge is 0.382 e. The van der Waals surface area contributed by atoms with E-state index in [1.807, 2.05) is 7.05 Å². The maximum atomic E-state index is 5.39. The van der Waals surface area contributed by atoms with Crippen molar-refractivity contribution < 1.29 is 9.47 Å². The van der Waals surface area contributed by atoms with Crippen molar-refractivity contribution in [2.75, 3.05) is 40.5 Å². The molecule has 1 unspecified atom stereocenters. The summed E-state index contributed by atoms with van der Waals surface area (Å²) in [6.45, 7) is 5.71. The van der Waals surface area contributed by atoms with E-state index >= 15 is 0 Å². The molecule has 3 nitrogen and oxygen atoms in total. The summed E-state index contributed by atoms with van der Waals surface area (Å²) < 4.78 is 10.3. The average Bonchev–Trinajstić information content (AvgIpc) is 2.20. The Balaban J connectivity index is 3.02. The third-order valence-corrected chi connectivity index (χ3v) is 2.30. The van der Waals surface area contributed by atoms with Gasteiger partial charge in [-0.05, 0) is 38.8 Å². The van der Waals surface area contributed by atoms with E-state index in [2.05, 4.69) is 12.2 Å². The Morgan fingerprint density at radius 3 is 2.57 bits per heavy atom. The van der Waals surface area contributed by atoms with Gasteiger partial charge in [0.05, 0.1) is 13.2 Å². The van der Waals surface area contributed by atoms with Crippen molar-refractivity contribution in [3.8, 4) is 0 Å². The molecule has 1 atom stereocenters. The predicted molar refractivity (Wildman–Crippen MR) is 59.6 cm³/mol. The molecular formula is C11H25NO2. The van der Waals surface area contributed by atoms with Crippen molar-refractivity contribution in [1.82, 2.24) is 5.32 Å². The summed E-state index contributed by atoms with van der Waals surface area (Å²) in [5.41, 5.74) is 0. The molecule has 3 heteroatoms. The fourth-order valence-corrected chi connectivity index (χ4v) is 1.31. The first kappa shape index (κ1) is 13.9. The fraction of sp³-hybridized carbons (Fsp3) is 1.00. The van der Waals surface area contributed by atoms with Crippen LogP contribution in [0.5, 0.6) is 0 Å². The quantitative estimate of drug-likeness (QED) is 0.548. The molecule has 0 aromatic rings. The van der Waals surface area contributed by atoms with Crippen LogP contribution in [0.15, 0.2) is 0 Å². The molecule has 0 heterocycles. The number of nitrogens with one attached hydrogen (secondary N) is 1. The molecule has 0 bridgehead atoms. The van der Waals surface area contributed by atoms with Gasteiger partial charge in [-0.15, -0.1) is 0 Å². The van der Waals surface area contributed by atoms with E-state index in [0.29, 0.717) is 6.61 Å². The predicted octanol–water partition coefficient (Wildman–Crippen LogP) is 1.68. The maximum Gasteiger partial charge on any atom is 0.0700 e. The zero-order valence-electron chi connectivity index (χ0n) is 9.84. The highest BCUT2D eigenvalue weighted by Crippen LogP contribution is 2.08. The minimum atomic E-state index is 0.704. The van der Waals surface area contributed by atoms with E-state index in [4.69, 9.17) is 9.47 Å². The van der Waals surface area contributed by atoms with Gasteiger partial charge >= 0.3 is 0 Å². The number of hydrogen-bond donors (Lipinski definition) is 1. The van der Waals surface area contributed by atoms with Crippen molar-refractivity contribution in [2.45, 2.75) is 26.2 Å². The summed E-state index contributed by atoms with van der Waals surface area (Å²) in [4.78, 5) is 0. The zero-order valence-corrected chi connectivity index (χ0v) is 9.84. The Labute approximate surface area is 88.2 Å². The second kappa shape index (κ2) is 11.0. The molecule has 0 aromatic carbocycles. The average molecular weight is 203 g/mol. The van der Waals surface area contributed by atoms with E-state index in [1.165, 1.54) is 12.8 Å². The van der Waals surface area contributed by atoms with E-state index in [0.717, 1.165) is 32.1 Å². The van der Waals surface area contributed by atoms with Crippen LogP contribution in [0.3, 0.4) is 0 Å². The highest BCUT2D eigenvalue weighted by molar-refractivity contribution is 4.54. The first-order valence-electron chi connectivity index (χ1n) is 5.52. The van der Waals surface area contributed by atoms with Gasteiger partial charge in [-0.3, -0.25) is 0 Å². The maximum absolute atomic E-state index is 5.39. The van der Waals surface area contributed by atoms with Crippen LogP contribution >= 0.6 is 0 Å². The van der Waals surface area contributed by atoms with Gasteiger partial charge in [0.1, 0.15) is 0 Å². The van der Waals surface area contributed by atoms with Crippen molar-refractivity contribution in [3.63, 3.8) is 0 Å². The van der Waals surface area contributed by atoms with Crippen LogP contribution in [0.2, 0.25) is 0 Å². The smallest absolute Gasteiger partial charge is 0.0700 e. The van der Waals surface area contributed by atoms with Gasteiger partial charge in [0.15, 0.2) is 0 Å². The van der Waals surface area contributed by atoms with Gasteiger partial charge in [-0.25, -0.2) is 0 Å². The normalized spacial score (nSPS) is 13.1. The standard InChI is InChI=1S/C11H25NO2/c1-11(6-7-12-2)5-4-8-14-10-9-13-3/h11-12H,4-10H2,1-3H3. The first-order chi connectivity index (χ1) is 6.81. The van der Waals surface area contributed by atoms with Crippen molar-refractivity contribution >= 4 is 0 Å². The highest BCUT2D eigenvalue weighted by Gasteiger charge is 2.00. The molecule has 0 aliphatic rings. The molecule has 0 amide bonds.